The molecular weight excluding hydrogens is 326 g/mol. The molecule has 26 heavy (non-hydrogen) atoms. The van der Waals surface area contributed by atoms with E-state index in [1.807, 2.05) is 61.1 Å². The summed E-state index contributed by atoms with van der Waals surface area (Å²) in [5, 5.41) is 7.38. The number of aromatic amines is 1. The molecule has 0 fully saturated rings. The fourth-order valence-corrected chi connectivity index (χ4v) is 3.07. The van der Waals surface area contributed by atoms with E-state index in [9.17, 15) is 4.79 Å². The third-order valence-electron chi connectivity index (χ3n) is 4.47. The molecule has 6 heteroatoms. The van der Waals surface area contributed by atoms with Crippen molar-refractivity contribution in [3.63, 3.8) is 0 Å². The maximum Gasteiger partial charge on any atom is 0.245 e. The normalized spacial score (nSPS) is 12.3. The quantitative estimate of drug-likeness (QED) is 0.737. The first-order chi connectivity index (χ1) is 12.5. The van der Waals surface area contributed by atoms with Crippen LogP contribution in [0.1, 0.15) is 44.2 Å². The molecule has 0 radical (unpaired) electrons. The summed E-state index contributed by atoms with van der Waals surface area (Å²) in [6.45, 7) is 6.55. The summed E-state index contributed by atoms with van der Waals surface area (Å²) < 4.78 is 1.95. The molecule has 0 aliphatic carbocycles. The topological polar surface area (TPSA) is 66.8 Å². The van der Waals surface area contributed by atoms with Crippen molar-refractivity contribution in [1.29, 1.82) is 0 Å². The Morgan fingerprint density at radius 2 is 1.96 bits per heavy atom. The maximum absolute atomic E-state index is 12.8. The van der Waals surface area contributed by atoms with Gasteiger partial charge in [0.05, 0.1) is 17.9 Å². The Morgan fingerprint density at radius 1 is 1.23 bits per heavy atom. The van der Waals surface area contributed by atoms with Crippen LogP contribution in [0, 0.1) is 0 Å². The van der Waals surface area contributed by atoms with Crippen LogP contribution in [0.2, 0.25) is 0 Å². The zero-order valence-electron chi connectivity index (χ0n) is 15.7. The Morgan fingerprint density at radius 3 is 2.65 bits per heavy atom. The number of carbonyl (C=O) groups is 1. The van der Waals surface area contributed by atoms with Gasteiger partial charge >= 0.3 is 0 Å². The van der Waals surface area contributed by atoms with E-state index in [4.69, 9.17) is 0 Å². The van der Waals surface area contributed by atoms with Crippen LogP contribution in [-0.4, -0.2) is 37.6 Å². The minimum absolute atomic E-state index is 0.0424. The van der Waals surface area contributed by atoms with Gasteiger partial charge in [-0.25, -0.2) is 4.98 Å². The predicted molar refractivity (Wildman–Crippen MR) is 102 cm³/mol. The fourth-order valence-electron chi connectivity index (χ4n) is 3.07. The number of aromatic nitrogens is 4. The first kappa shape index (κ1) is 17.9. The zero-order chi connectivity index (χ0) is 18.7. The molecule has 2 heterocycles. The van der Waals surface area contributed by atoms with Gasteiger partial charge in [0.1, 0.15) is 11.9 Å². The van der Waals surface area contributed by atoms with Crippen LogP contribution in [0.5, 0.6) is 0 Å². The summed E-state index contributed by atoms with van der Waals surface area (Å²) in [6.07, 6.45) is 3.62. The van der Waals surface area contributed by atoms with E-state index in [2.05, 4.69) is 29.0 Å². The third kappa shape index (κ3) is 3.69. The van der Waals surface area contributed by atoms with E-state index in [0.29, 0.717) is 6.54 Å². The standard InChI is InChI=1S/C20H25N5O/c1-14(2)19-21-10-11-25(19)15(3)20(26)24(4)13-17-12-18(23-22-17)16-8-6-5-7-9-16/h5-12,14-15H,13H2,1-4H3,(H,22,23). The van der Waals surface area contributed by atoms with Crippen LogP contribution in [-0.2, 0) is 11.3 Å². The number of imidazole rings is 1. The molecule has 136 valence electrons. The van der Waals surface area contributed by atoms with Gasteiger partial charge in [-0.2, -0.15) is 5.10 Å². The summed E-state index contributed by atoms with van der Waals surface area (Å²) in [5.41, 5.74) is 2.84. The average Bonchev–Trinajstić information content (AvgIpc) is 3.30. The molecule has 1 aromatic carbocycles. The summed E-state index contributed by atoms with van der Waals surface area (Å²) in [7, 11) is 1.81. The number of amides is 1. The highest BCUT2D eigenvalue weighted by molar-refractivity contribution is 5.80. The number of carbonyl (C=O) groups excluding carboxylic acids is 1. The Bertz CT molecular complexity index is 865. The number of hydrogen-bond donors (Lipinski definition) is 1. The maximum atomic E-state index is 12.8. The first-order valence-corrected chi connectivity index (χ1v) is 8.84. The largest absolute Gasteiger partial charge is 0.338 e. The van der Waals surface area contributed by atoms with Crippen LogP contribution in [0.15, 0.2) is 48.8 Å². The Labute approximate surface area is 153 Å². The highest BCUT2D eigenvalue weighted by atomic mass is 16.2. The summed E-state index contributed by atoms with van der Waals surface area (Å²) in [4.78, 5) is 18.9. The molecule has 0 aliphatic rings. The van der Waals surface area contributed by atoms with Gasteiger partial charge in [0.25, 0.3) is 0 Å². The smallest absolute Gasteiger partial charge is 0.245 e. The van der Waals surface area contributed by atoms with E-state index >= 15 is 0 Å². The Hall–Kier alpha value is -2.89. The summed E-state index contributed by atoms with van der Waals surface area (Å²) in [6, 6.07) is 11.7. The molecule has 1 N–H and O–H groups in total. The van der Waals surface area contributed by atoms with Gasteiger partial charge < -0.3 is 9.47 Å². The van der Waals surface area contributed by atoms with Crippen molar-refractivity contribution in [1.82, 2.24) is 24.6 Å². The molecular formula is C20H25N5O. The highest BCUT2D eigenvalue weighted by Gasteiger charge is 2.22. The van der Waals surface area contributed by atoms with Crippen LogP contribution in [0.4, 0.5) is 0 Å². The van der Waals surface area contributed by atoms with Gasteiger partial charge in [0.15, 0.2) is 0 Å². The lowest BCUT2D eigenvalue weighted by Crippen LogP contribution is -2.33. The lowest BCUT2D eigenvalue weighted by Gasteiger charge is -2.23. The van der Waals surface area contributed by atoms with Gasteiger partial charge in [0.2, 0.25) is 5.91 Å². The minimum Gasteiger partial charge on any atom is -0.338 e. The number of rotatable bonds is 6. The molecule has 6 nitrogen and oxygen atoms in total. The number of hydrogen-bond acceptors (Lipinski definition) is 3. The van der Waals surface area contributed by atoms with Gasteiger partial charge in [-0.3, -0.25) is 9.89 Å². The lowest BCUT2D eigenvalue weighted by molar-refractivity contribution is -0.133. The second-order valence-corrected chi connectivity index (χ2v) is 6.86. The van der Waals surface area contributed by atoms with Gasteiger partial charge in [-0.15, -0.1) is 0 Å². The highest BCUT2D eigenvalue weighted by Crippen LogP contribution is 2.20. The van der Waals surface area contributed by atoms with Gasteiger partial charge in [-0.05, 0) is 13.0 Å². The minimum atomic E-state index is -0.295. The molecule has 0 bridgehead atoms. The molecule has 0 spiro atoms. The molecule has 2 aromatic heterocycles. The molecule has 0 saturated carbocycles. The van der Waals surface area contributed by atoms with Gasteiger partial charge in [-0.1, -0.05) is 44.2 Å². The monoisotopic (exact) mass is 351 g/mol. The molecule has 3 aromatic rings. The van der Waals surface area contributed by atoms with Gasteiger partial charge in [0, 0.05) is 30.9 Å². The van der Waals surface area contributed by atoms with E-state index in [-0.39, 0.29) is 17.9 Å². The van der Waals surface area contributed by atoms with Crippen molar-refractivity contribution in [3.8, 4) is 11.3 Å². The van der Waals surface area contributed by atoms with Crippen molar-refractivity contribution in [2.75, 3.05) is 7.05 Å². The molecule has 1 atom stereocenters. The Kier molecular flexibility index (Phi) is 5.21. The zero-order valence-corrected chi connectivity index (χ0v) is 15.7. The second-order valence-electron chi connectivity index (χ2n) is 6.86. The number of nitrogens with one attached hydrogen (secondary N) is 1. The number of benzene rings is 1. The van der Waals surface area contributed by atoms with Crippen LogP contribution in [0.3, 0.4) is 0 Å². The van der Waals surface area contributed by atoms with Crippen molar-refractivity contribution in [2.45, 2.75) is 39.3 Å². The third-order valence-corrected chi connectivity index (χ3v) is 4.47. The molecule has 0 saturated heterocycles. The van der Waals surface area contributed by atoms with E-state index in [1.165, 1.54) is 0 Å². The van der Waals surface area contributed by atoms with Crippen molar-refractivity contribution in [2.24, 2.45) is 0 Å². The number of likely N-dealkylation sites (N-methyl/N-ethyl adjacent to an activating group) is 1. The number of H-pyrrole nitrogens is 1. The summed E-state index contributed by atoms with van der Waals surface area (Å²) in [5.74, 6) is 1.24. The van der Waals surface area contributed by atoms with E-state index in [0.717, 1.165) is 22.8 Å². The summed E-state index contributed by atoms with van der Waals surface area (Å²) >= 11 is 0. The fraction of sp³-hybridized carbons (Fsp3) is 0.350. The predicted octanol–water partition coefficient (Wildman–Crippen LogP) is 3.62. The molecule has 3 rings (SSSR count). The number of nitrogens with zero attached hydrogens (tertiary/aromatic N) is 4. The van der Waals surface area contributed by atoms with Crippen molar-refractivity contribution < 1.29 is 4.79 Å². The SMILES string of the molecule is CC(C)c1nccn1C(C)C(=O)N(C)Cc1cc(-c2ccccc2)n[nH]1. The van der Waals surface area contributed by atoms with Crippen LogP contribution < -0.4 is 0 Å². The lowest BCUT2D eigenvalue weighted by atomic mass is 10.1. The van der Waals surface area contributed by atoms with Crippen molar-refractivity contribution >= 4 is 5.91 Å². The van der Waals surface area contributed by atoms with Crippen molar-refractivity contribution in [3.05, 3.63) is 60.3 Å². The molecule has 1 amide bonds. The Balaban J connectivity index is 1.70. The molecule has 1 unspecified atom stereocenters. The average molecular weight is 351 g/mol. The van der Waals surface area contributed by atoms with Crippen LogP contribution >= 0.6 is 0 Å². The van der Waals surface area contributed by atoms with E-state index < -0.39 is 0 Å². The second kappa shape index (κ2) is 7.56. The first-order valence-electron chi connectivity index (χ1n) is 8.84. The molecule has 0 aliphatic heterocycles. The van der Waals surface area contributed by atoms with E-state index in [1.54, 1.807) is 11.1 Å². The van der Waals surface area contributed by atoms with Crippen LogP contribution in [0.25, 0.3) is 11.3 Å².